The highest BCUT2D eigenvalue weighted by Gasteiger charge is 2.17. The van der Waals surface area contributed by atoms with E-state index in [1.807, 2.05) is 25.2 Å². The fourth-order valence-electron chi connectivity index (χ4n) is 2.86. The van der Waals surface area contributed by atoms with Gasteiger partial charge in [0, 0.05) is 0 Å². The fourth-order valence-corrected chi connectivity index (χ4v) is 3.61. The van der Waals surface area contributed by atoms with Crippen molar-refractivity contribution in [1.29, 1.82) is 0 Å². The maximum absolute atomic E-state index is 10.8. The van der Waals surface area contributed by atoms with Crippen molar-refractivity contribution in [2.24, 2.45) is 5.92 Å². The third kappa shape index (κ3) is 27.2. The molecule has 0 aliphatic rings. The minimum absolute atomic E-state index is 0.0119. The Balaban J connectivity index is 3.64. The van der Waals surface area contributed by atoms with Gasteiger partial charge in [0.15, 0.2) is 0 Å². The van der Waals surface area contributed by atoms with Crippen molar-refractivity contribution in [3.8, 4) is 0 Å². The summed E-state index contributed by atoms with van der Waals surface area (Å²) in [7, 11) is -8.72. The number of hydrogen-bond donors (Lipinski definition) is 4. The van der Waals surface area contributed by atoms with Crippen molar-refractivity contribution >= 4 is 15.6 Å². The van der Waals surface area contributed by atoms with Crippen molar-refractivity contribution in [3.05, 3.63) is 60.8 Å². The van der Waals surface area contributed by atoms with Crippen LogP contribution in [0.15, 0.2) is 60.8 Å². The summed E-state index contributed by atoms with van der Waals surface area (Å²) in [4.78, 5) is 34.6. The van der Waals surface area contributed by atoms with Crippen LogP contribution in [0.5, 0.6) is 0 Å². The average Bonchev–Trinajstić information content (AvgIpc) is 2.75. The van der Waals surface area contributed by atoms with Gasteiger partial charge in [-0.1, -0.05) is 80.5 Å². The van der Waals surface area contributed by atoms with Gasteiger partial charge in [0.25, 0.3) is 0 Å². The van der Waals surface area contributed by atoms with E-state index < -0.39 is 15.6 Å². The zero-order chi connectivity index (χ0) is 25.5. The highest BCUT2D eigenvalue weighted by Crippen LogP contribution is 2.37. The van der Waals surface area contributed by atoms with E-state index in [4.69, 9.17) is 19.6 Å². The molecule has 8 nitrogen and oxygen atoms in total. The zero-order valence-electron chi connectivity index (χ0n) is 20.2. The molecule has 0 rings (SSSR count). The minimum Gasteiger partial charge on any atom is -0.303 e. The topological polar surface area (TPSA) is 134 Å². The lowest BCUT2D eigenvalue weighted by molar-refractivity contribution is 0.161. The van der Waals surface area contributed by atoms with Crippen molar-refractivity contribution in [1.82, 2.24) is 0 Å². The second-order valence-corrected chi connectivity index (χ2v) is 10.2. The van der Waals surface area contributed by atoms with Gasteiger partial charge < -0.3 is 19.6 Å². The molecule has 1 atom stereocenters. The molecule has 10 heteroatoms. The molecule has 0 amide bonds. The first-order valence-corrected chi connectivity index (χ1v) is 14.8. The molecule has 0 aliphatic carbocycles. The third-order valence-corrected chi connectivity index (χ3v) is 5.76. The molecule has 0 aliphatic heterocycles. The molecule has 0 fully saturated rings. The lowest BCUT2D eigenvalue weighted by atomic mass is 9.99. The first kappa shape index (κ1) is 32.9. The van der Waals surface area contributed by atoms with Crippen LogP contribution in [0.25, 0.3) is 0 Å². The van der Waals surface area contributed by atoms with Gasteiger partial charge in [0.2, 0.25) is 0 Å². The number of phosphoric acid groups is 2. The van der Waals surface area contributed by atoms with Gasteiger partial charge in [-0.3, -0.25) is 9.05 Å². The number of unbranched alkanes of at least 4 members (excludes halogenated alkanes) is 2. The first-order valence-electron chi connectivity index (χ1n) is 11.8. The lowest BCUT2D eigenvalue weighted by Gasteiger charge is -2.14. The SMILES string of the molecule is CCC(CCCC/C=C/C/C=C/C/C=C/C/C=C/C/C=C/CCOP(=O)(O)O)COP(=O)(O)O. The fraction of sp³-hybridized carbons (Fsp3) is 0.583. The van der Waals surface area contributed by atoms with Crippen LogP contribution in [0.4, 0.5) is 0 Å². The summed E-state index contributed by atoms with van der Waals surface area (Å²) in [6, 6.07) is 0. The number of phosphoric ester groups is 2. The summed E-state index contributed by atoms with van der Waals surface area (Å²) in [6.45, 7) is 2.14. The van der Waals surface area contributed by atoms with Gasteiger partial charge in [0.1, 0.15) is 0 Å². The molecule has 4 N–H and O–H groups in total. The van der Waals surface area contributed by atoms with Gasteiger partial charge in [-0.05, 0) is 57.3 Å². The molecule has 196 valence electrons. The number of rotatable bonds is 21. The molecule has 0 aromatic carbocycles. The van der Waals surface area contributed by atoms with Crippen molar-refractivity contribution in [2.75, 3.05) is 13.2 Å². The second kappa shape index (κ2) is 21.2. The van der Waals surface area contributed by atoms with Gasteiger partial charge in [-0.15, -0.1) is 0 Å². The van der Waals surface area contributed by atoms with Crippen LogP contribution >= 0.6 is 15.6 Å². The Morgan fingerprint density at radius 2 is 1.09 bits per heavy atom. The van der Waals surface area contributed by atoms with Crippen LogP contribution in [-0.2, 0) is 18.2 Å². The van der Waals surface area contributed by atoms with Crippen LogP contribution in [0.3, 0.4) is 0 Å². The molecular weight excluding hydrogens is 478 g/mol. The van der Waals surface area contributed by atoms with Crippen molar-refractivity contribution in [2.45, 2.75) is 71.1 Å². The third-order valence-electron chi connectivity index (χ3n) is 4.75. The van der Waals surface area contributed by atoms with E-state index in [2.05, 4.69) is 51.6 Å². The van der Waals surface area contributed by atoms with Crippen LogP contribution < -0.4 is 0 Å². The van der Waals surface area contributed by atoms with Gasteiger partial charge in [-0.25, -0.2) is 9.13 Å². The predicted octanol–water partition coefficient (Wildman–Crippen LogP) is 6.52. The Kier molecular flexibility index (Phi) is 20.5. The highest BCUT2D eigenvalue weighted by molar-refractivity contribution is 7.46. The van der Waals surface area contributed by atoms with Gasteiger partial charge in [0.05, 0.1) is 13.2 Å². The maximum atomic E-state index is 10.8. The molecule has 1 unspecified atom stereocenters. The van der Waals surface area contributed by atoms with Crippen molar-refractivity contribution in [3.63, 3.8) is 0 Å². The Morgan fingerprint density at radius 3 is 1.53 bits per heavy atom. The maximum Gasteiger partial charge on any atom is 0.469 e. The molecule has 0 saturated heterocycles. The first-order chi connectivity index (χ1) is 16.1. The van der Waals surface area contributed by atoms with Crippen LogP contribution in [0.1, 0.15) is 71.1 Å². The van der Waals surface area contributed by atoms with Crippen LogP contribution in [0, 0.1) is 5.92 Å². The normalized spacial score (nSPS) is 14.6. The molecule has 0 radical (unpaired) electrons. The van der Waals surface area contributed by atoms with E-state index in [9.17, 15) is 9.13 Å². The standard InChI is InChI=1S/C24H42O8P2/c1-2-24(23-32-34(28,29)30)21-19-17-15-13-11-9-7-5-3-4-6-8-10-12-14-16-18-20-22-31-33(25,26)27/h4-7,10-13,16,18,24H,2-3,8-9,14-15,17,19-23H2,1H3,(H2,25,26,27)(H2,28,29,30)/b6-4+,7-5+,12-10+,13-11+,18-16+. The number of allylic oxidation sites excluding steroid dienone is 9. The van der Waals surface area contributed by atoms with Crippen LogP contribution in [0.2, 0.25) is 0 Å². The Hall–Kier alpha value is -1.08. The van der Waals surface area contributed by atoms with Crippen LogP contribution in [-0.4, -0.2) is 32.8 Å². The molecule has 0 spiro atoms. The summed E-state index contributed by atoms with van der Waals surface area (Å²) in [5.41, 5.74) is 0. The Morgan fingerprint density at radius 1 is 0.647 bits per heavy atom. The quantitative estimate of drug-likeness (QED) is 0.0763. The lowest BCUT2D eigenvalue weighted by Crippen LogP contribution is -2.07. The molecule has 0 saturated carbocycles. The molecule has 0 aromatic rings. The Bertz CT molecular complexity index is 731. The summed E-state index contributed by atoms with van der Waals surface area (Å²) in [5.74, 6) is 0.190. The highest BCUT2D eigenvalue weighted by atomic mass is 31.2. The Labute approximate surface area is 204 Å². The van der Waals surface area contributed by atoms with Crippen molar-refractivity contribution < 1.29 is 37.8 Å². The molecule has 0 bridgehead atoms. The van der Waals surface area contributed by atoms with Gasteiger partial charge in [-0.2, -0.15) is 0 Å². The molecular formula is C24H42O8P2. The van der Waals surface area contributed by atoms with E-state index in [0.29, 0.717) is 6.42 Å². The van der Waals surface area contributed by atoms with E-state index in [1.54, 1.807) is 0 Å². The van der Waals surface area contributed by atoms with Gasteiger partial charge >= 0.3 is 15.6 Å². The molecule has 34 heavy (non-hydrogen) atoms. The monoisotopic (exact) mass is 520 g/mol. The van der Waals surface area contributed by atoms with E-state index in [1.165, 1.54) is 0 Å². The summed E-state index contributed by atoms with van der Waals surface area (Å²) >= 11 is 0. The number of hydrogen-bond acceptors (Lipinski definition) is 4. The summed E-state index contributed by atoms with van der Waals surface area (Å²) < 4.78 is 30.2. The predicted molar refractivity (Wildman–Crippen MR) is 137 cm³/mol. The summed E-state index contributed by atoms with van der Waals surface area (Å²) in [5, 5.41) is 0. The average molecular weight is 521 g/mol. The largest absolute Gasteiger partial charge is 0.469 e. The molecule has 0 heterocycles. The summed E-state index contributed by atoms with van der Waals surface area (Å²) in [6.07, 6.45) is 29.5. The molecule has 0 aromatic heterocycles. The smallest absolute Gasteiger partial charge is 0.303 e. The van der Waals surface area contributed by atoms with E-state index in [-0.39, 0.29) is 19.1 Å². The zero-order valence-corrected chi connectivity index (χ0v) is 21.9. The van der Waals surface area contributed by atoms with E-state index >= 15 is 0 Å². The minimum atomic E-state index is -4.36. The van der Waals surface area contributed by atoms with E-state index in [0.717, 1.165) is 57.8 Å². The second-order valence-electron chi connectivity index (χ2n) is 7.76.